The molecule has 0 aliphatic rings. The standard InChI is InChI=1S/C21H18ClNO4S/c1-26-19-9-7-16(22)11-18(19)23-20(24)12-27-21(25)13-28-17-8-6-14-4-2-3-5-15(14)10-17/h2-11H,12-13H2,1H3,(H,23,24). The van der Waals surface area contributed by atoms with Crippen LogP contribution in [0.1, 0.15) is 0 Å². The van der Waals surface area contributed by atoms with Crippen LogP contribution in [-0.4, -0.2) is 31.3 Å². The molecular weight excluding hydrogens is 398 g/mol. The SMILES string of the molecule is COc1ccc(Cl)cc1NC(=O)COC(=O)CSc1ccc2ccccc2c1. The highest BCUT2D eigenvalue weighted by Gasteiger charge is 2.11. The summed E-state index contributed by atoms with van der Waals surface area (Å²) in [5.41, 5.74) is 0.418. The van der Waals surface area contributed by atoms with Gasteiger partial charge in [-0.15, -0.1) is 11.8 Å². The lowest BCUT2D eigenvalue weighted by Gasteiger charge is -2.11. The molecule has 0 aliphatic heterocycles. The van der Waals surface area contributed by atoms with Crippen LogP contribution in [0, 0.1) is 0 Å². The number of hydrogen-bond donors (Lipinski definition) is 1. The number of hydrogen-bond acceptors (Lipinski definition) is 5. The van der Waals surface area contributed by atoms with Crippen molar-refractivity contribution in [2.75, 3.05) is 24.8 Å². The third kappa shape index (κ3) is 5.41. The predicted molar refractivity (Wildman–Crippen MR) is 112 cm³/mol. The fraction of sp³-hybridized carbons (Fsp3) is 0.143. The summed E-state index contributed by atoms with van der Waals surface area (Å²) in [7, 11) is 1.49. The van der Waals surface area contributed by atoms with Crippen LogP contribution < -0.4 is 10.1 Å². The van der Waals surface area contributed by atoms with Crippen molar-refractivity contribution in [3.05, 3.63) is 65.7 Å². The fourth-order valence-electron chi connectivity index (χ4n) is 2.55. The Morgan fingerprint density at radius 3 is 2.61 bits per heavy atom. The van der Waals surface area contributed by atoms with E-state index in [1.165, 1.54) is 18.9 Å². The van der Waals surface area contributed by atoms with E-state index in [2.05, 4.69) is 5.32 Å². The Morgan fingerprint density at radius 2 is 1.82 bits per heavy atom. The Morgan fingerprint density at radius 1 is 1.04 bits per heavy atom. The molecule has 0 spiro atoms. The molecule has 7 heteroatoms. The van der Waals surface area contributed by atoms with E-state index in [-0.39, 0.29) is 12.4 Å². The second kappa shape index (κ2) is 9.48. The van der Waals surface area contributed by atoms with Crippen molar-refractivity contribution in [2.24, 2.45) is 0 Å². The van der Waals surface area contributed by atoms with E-state index in [9.17, 15) is 9.59 Å². The number of methoxy groups -OCH3 is 1. The normalized spacial score (nSPS) is 10.5. The summed E-state index contributed by atoms with van der Waals surface area (Å²) < 4.78 is 10.2. The number of carbonyl (C=O) groups is 2. The molecule has 0 heterocycles. The first-order valence-corrected chi connectivity index (χ1v) is 9.82. The van der Waals surface area contributed by atoms with Gasteiger partial charge in [-0.2, -0.15) is 0 Å². The van der Waals surface area contributed by atoms with Crippen molar-refractivity contribution in [3.8, 4) is 5.75 Å². The van der Waals surface area contributed by atoms with Gasteiger partial charge in [0.2, 0.25) is 0 Å². The van der Waals surface area contributed by atoms with Gasteiger partial charge in [-0.3, -0.25) is 9.59 Å². The van der Waals surface area contributed by atoms with Crippen molar-refractivity contribution in [1.29, 1.82) is 0 Å². The van der Waals surface area contributed by atoms with Crippen molar-refractivity contribution in [2.45, 2.75) is 4.90 Å². The molecule has 0 fully saturated rings. The van der Waals surface area contributed by atoms with Crippen molar-refractivity contribution in [1.82, 2.24) is 0 Å². The van der Waals surface area contributed by atoms with E-state index in [1.54, 1.807) is 18.2 Å². The number of ether oxygens (including phenoxy) is 2. The number of nitrogens with one attached hydrogen (secondary N) is 1. The van der Waals surface area contributed by atoms with Crippen molar-refractivity contribution < 1.29 is 19.1 Å². The Bertz CT molecular complexity index is 1010. The summed E-state index contributed by atoms with van der Waals surface area (Å²) in [6, 6.07) is 18.9. The van der Waals surface area contributed by atoms with Crippen molar-refractivity contribution in [3.63, 3.8) is 0 Å². The van der Waals surface area contributed by atoms with E-state index in [1.807, 2.05) is 42.5 Å². The van der Waals surface area contributed by atoms with Crippen LogP contribution in [0.15, 0.2) is 65.6 Å². The quantitative estimate of drug-likeness (QED) is 0.444. The highest BCUT2D eigenvalue weighted by molar-refractivity contribution is 8.00. The molecule has 1 amide bonds. The summed E-state index contributed by atoms with van der Waals surface area (Å²) in [5, 5.41) is 5.33. The minimum Gasteiger partial charge on any atom is -0.495 e. The summed E-state index contributed by atoms with van der Waals surface area (Å²) in [6.45, 7) is -0.382. The topological polar surface area (TPSA) is 64.6 Å². The van der Waals surface area contributed by atoms with Crippen LogP contribution in [0.4, 0.5) is 5.69 Å². The number of halogens is 1. The maximum Gasteiger partial charge on any atom is 0.316 e. The van der Waals surface area contributed by atoms with Gasteiger partial charge in [0, 0.05) is 9.92 Å². The average molecular weight is 416 g/mol. The molecule has 0 saturated heterocycles. The zero-order valence-corrected chi connectivity index (χ0v) is 16.7. The summed E-state index contributed by atoms with van der Waals surface area (Å²) >= 11 is 7.29. The molecule has 3 rings (SSSR count). The molecule has 0 aliphatic carbocycles. The molecule has 0 bridgehead atoms. The van der Waals surface area contributed by atoms with Crippen LogP contribution in [0.5, 0.6) is 5.75 Å². The Hall–Kier alpha value is -2.70. The lowest BCUT2D eigenvalue weighted by Crippen LogP contribution is -2.21. The average Bonchev–Trinajstić information content (AvgIpc) is 2.70. The largest absolute Gasteiger partial charge is 0.495 e. The lowest BCUT2D eigenvalue weighted by atomic mass is 10.1. The maximum atomic E-state index is 12.0. The molecule has 0 radical (unpaired) electrons. The first-order chi connectivity index (χ1) is 13.5. The monoisotopic (exact) mass is 415 g/mol. The fourth-order valence-corrected chi connectivity index (χ4v) is 3.47. The highest BCUT2D eigenvalue weighted by Crippen LogP contribution is 2.27. The molecule has 0 unspecified atom stereocenters. The van der Waals surface area contributed by atoms with Gasteiger partial charge in [-0.05, 0) is 41.1 Å². The third-order valence-corrected chi connectivity index (χ3v) is 5.08. The summed E-state index contributed by atoms with van der Waals surface area (Å²) in [5.74, 6) is -0.349. The summed E-state index contributed by atoms with van der Waals surface area (Å²) in [6.07, 6.45) is 0. The Labute approximate surface area is 172 Å². The first kappa shape index (κ1) is 20.0. The minimum atomic E-state index is -0.468. The third-order valence-electron chi connectivity index (χ3n) is 3.88. The zero-order chi connectivity index (χ0) is 19.9. The number of carbonyl (C=O) groups excluding carboxylic acids is 2. The van der Waals surface area contributed by atoms with Gasteiger partial charge >= 0.3 is 5.97 Å². The van der Waals surface area contributed by atoms with Gasteiger partial charge in [0.25, 0.3) is 5.91 Å². The molecular formula is C21H18ClNO4S. The van der Waals surface area contributed by atoms with Crippen LogP contribution in [0.25, 0.3) is 10.8 Å². The first-order valence-electron chi connectivity index (χ1n) is 8.46. The highest BCUT2D eigenvalue weighted by atomic mass is 35.5. The molecule has 28 heavy (non-hydrogen) atoms. The molecule has 5 nitrogen and oxygen atoms in total. The summed E-state index contributed by atoms with van der Waals surface area (Å²) in [4.78, 5) is 24.9. The Balaban J connectivity index is 1.48. The van der Waals surface area contributed by atoms with Crippen LogP contribution in [-0.2, 0) is 14.3 Å². The van der Waals surface area contributed by atoms with Crippen molar-refractivity contribution >= 4 is 51.7 Å². The smallest absolute Gasteiger partial charge is 0.316 e. The molecule has 0 saturated carbocycles. The van der Waals surface area contributed by atoms with Gasteiger partial charge in [0.15, 0.2) is 6.61 Å². The van der Waals surface area contributed by atoms with Gasteiger partial charge in [-0.25, -0.2) is 0 Å². The molecule has 144 valence electrons. The number of anilines is 1. The number of thioether (sulfide) groups is 1. The van der Waals surface area contributed by atoms with Gasteiger partial charge in [0.05, 0.1) is 18.6 Å². The Kier molecular flexibility index (Phi) is 6.79. The number of amides is 1. The number of esters is 1. The lowest BCUT2D eigenvalue weighted by molar-refractivity contribution is -0.144. The number of fused-ring (bicyclic) bond motifs is 1. The molecule has 0 atom stereocenters. The predicted octanol–water partition coefficient (Wildman–Crippen LogP) is 4.78. The molecule has 3 aromatic rings. The van der Waals surface area contributed by atoms with E-state index in [0.29, 0.717) is 16.5 Å². The molecule has 1 N–H and O–H groups in total. The zero-order valence-electron chi connectivity index (χ0n) is 15.1. The van der Waals surface area contributed by atoms with Crippen LogP contribution in [0.2, 0.25) is 5.02 Å². The van der Waals surface area contributed by atoms with Crippen LogP contribution >= 0.6 is 23.4 Å². The number of benzene rings is 3. The van der Waals surface area contributed by atoms with Gasteiger partial charge in [-0.1, -0.05) is 41.9 Å². The minimum absolute atomic E-state index is 0.117. The maximum absolute atomic E-state index is 12.0. The van der Waals surface area contributed by atoms with E-state index >= 15 is 0 Å². The van der Waals surface area contributed by atoms with E-state index < -0.39 is 11.9 Å². The second-order valence-corrected chi connectivity index (χ2v) is 7.34. The van der Waals surface area contributed by atoms with E-state index in [0.717, 1.165) is 15.7 Å². The molecule has 0 aromatic heterocycles. The second-order valence-electron chi connectivity index (χ2n) is 5.85. The van der Waals surface area contributed by atoms with Gasteiger partial charge < -0.3 is 14.8 Å². The van der Waals surface area contributed by atoms with Crippen LogP contribution in [0.3, 0.4) is 0 Å². The van der Waals surface area contributed by atoms with E-state index in [4.69, 9.17) is 21.1 Å². The number of rotatable bonds is 7. The van der Waals surface area contributed by atoms with Gasteiger partial charge in [0.1, 0.15) is 5.75 Å². The molecule has 3 aromatic carbocycles.